The van der Waals surface area contributed by atoms with Crippen molar-refractivity contribution in [1.82, 2.24) is 0 Å². The summed E-state index contributed by atoms with van der Waals surface area (Å²) in [7, 11) is 0. The largest absolute Gasteiger partial charge is 0.488 e. The number of fused-ring (bicyclic) bond motifs is 1. The molecule has 0 amide bonds. The van der Waals surface area contributed by atoms with Crippen molar-refractivity contribution in [2.45, 2.75) is 12.5 Å². The third-order valence-corrected chi connectivity index (χ3v) is 4.45. The molecular formula is C15H12BrClFNO. The first kappa shape index (κ1) is 13.7. The Hall–Kier alpha value is -1.26. The summed E-state index contributed by atoms with van der Waals surface area (Å²) in [6, 6.07) is 10.3. The van der Waals surface area contributed by atoms with Gasteiger partial charge in [-0.25, -0.2) is 4.39 Å². The minimum atomic E-state index is -0.222. The first-order valence-corrected chi connectivity index (χ1v) is 7.43. The highest BCUT2D eigenvalue weighted by molar-refractivity contribution is 9.10. The third kappa shape index (κ3) is 2.91. The van der Waals surface area contributed by atoms with Gasteiger partial charge in [0.2, 0.25) is 0 Å². The van der Waals surface area contributed by atoms with Crippen LogP contribution in [0.15, 0.2) is 40.9 Å². The molecule has 20 heavy (non-hydrogen) atoms. The topological polar surface area (TPSA) is 21.3 Å². The van der Waals surface area contributed by atoms with Crippen LogP contribution in [0, 0.1) is 5.82 Å². The molecule has 1 heterocycles. The van der Waals surface area contributed by atoms with E-state index in [1.54, 1.807) is 6.07 Å². The van der Waals surface area contributed by atoms with Crippen LogP contribution in [-0.4, -0.2) is 12.6 Å². The molecule has 1 atom stereocenters. The second-order valence-corrected chi connectivity index (χ2v) is 5.97. The van der Waals surface area contributed by atoms with Crippen molar-refractivity contribution in [2.24, 2.45) is 0 Å². The average molecular weight is 357 g/mol. The quantitative estimate of drug-likeness (QED) is 0.864. The fourth-order valence-corrected chi connectivity index (χ4v) is 2.67. The first-order valence-electron chi connectivity index (χ1n) is 6.26. The SMILES string of the molecule is Fc1ccc2c(c1)CC(CNc1ccc(Br)c(Cl)c1)O2. The molecule has 0 radical (unpaired) electrons. The summed E-state index contributed by atoms with van der Waals surface area (Å²) in [4.78, 5) is 0. The van der Waals surface area contributed by atoms with Crippen molar-refractivity contribution < 1.29 is 9.13 Å². The molecule has 0 fully saturated rings. The molecule has 0 aromatic heterocycles. The van der Waals surface area contributed by atoms with Crippen molar-refractivity contribution in [3.8, 4) is 5.75 Å². The molecule has 0 spiro atoms. The molecule has 0 bridgehead atoms. The van der Waals surface area contributed by atoms with Gasteiger partial charge in [-0.1, -0.05) is 11.6 Å². The van der Waals surface area contributed by atoms with Gasteiger partial charge in [0.05, 0.1) is 11.6 Å². The van der Waals surface area contributed by atoms with E-state index in [1.807, 2.05) is 18.2 Å². The molecular weight excluding hydrogens is 345 g/mol. The summed E-state index contributed by atoms with van der Waals surface area (Å²) in [6.45, 7) is 0.647. The van der Waals surface area contributed by atoms with E-state index in [2.05, 4.69) is 21.2 Å². The Bertz CT molecular complexity index is 650. The lowest BCUT2D eigenvalue weighted by Crippen LogP contribution is -2.23. The highest BCUT2D eigenvalue weighted by atomic mass is 79.9. The minimum absolute atomic E-state index is 0.00854. The summed E-state index contributed by atoms with van der Waals surface area (Å²) < 4.78 is 19.8. The Morgan fingerprint density at radius 2 is 2.15 bits per heavy atom. The number of halogens is 3. The third-order valence-electron chi connectivity index (χ3n) is 3.22. The summed E-state index contributed by atoms with van der Waals surface area (Å²) in [5, 5.41) is 3.94. The van der Waals surface area contributed by atoms with Gasteiger partial charge in [0.1, 0.15) is 17.7 Å². The Kier molecular flexibility index (Phi) is 3.85. The van der Waals surface area contributed by atoms with Crippen LogP contribution in [0.3, 0.4) is 0 Å². The van der Waals surface area contributed by atoms with Crippen molar-refractivity contribution in [2.75, 3.05) is 11.9 Å². The van der Waals surface area contributed by atoms with Crippen molar-refractivity contribution in [1.29, 1.82) is 0 Å². The van der Waals surface area contributed by atoms with E-state index >= 15 is 0 Å². The van der Waals surface area contributed by atoms with E-state index < -0.39 is 0 Å². The van der Waals surface area contributed by atoms with Crippen molar-refractivity contribution in [3.05, 3.63) is 57.3 Å². The van der Waals surface area contributed by atoms with Crippen LogP contribution in [0.1, 0.15) is 5.56 Å². The normalized spacial score (nSPS) is 16.6. The number of hydrogen-bond donors (Lipinski definition) is 1. The summed E-state index contributed by atoms with van der Waals surface area (Å²) >= 11 is 9.39. The molecule has 1 aliphatic rings. The standard InChI is InChI=1S/C15H12BrClFNO/c16-13-3-2-11(7-14(13)17)19-8-12-6-9-5-10(18)1-4-15(9)20-12/h1-5,7,12,19H,6,8H2. The molecule has 2 aromatic carbocycles. The Labute approximate surface area is 130 Å². The molecule has 1 N–H and O–H groups in total. The lowest BCUT2D eigenvalue weighted by molar-refractivity contribution is 0.246. The number of rotatable bonds is 3. The predicted octanol–water partition coefficient (Wildman–Crippen LogP) is 4.66. The van der Waals surface area contributed by atoms with Crippen LogP contribution in [0.5, 0.6) is 5.75 Å². The van der Waals surface area contributed by atoms with Gasteiger partial charge in [-0.05, 0) is 52.3 Å². The van der Waals surface area contributed by atoms with Gasteiger partial charge in [-0.15, -0.1) is 0 Å². The summed E-state index contributed by atoms with van der Waals surface area (Å²) in [5.41, 5.74) is 1.86. The predicted molar refractivity (Wildman–Crippen MR) is 82.2 cm³/mol. The molecule has 0 saturated carbocycles. The number of benzene rings is 2. The van der Waals surface area contributed by atoms with E-state index in [9.17, 15) is 4.39 Å². The van der Waals surface area contributed by atoms with Crippen LogP contribution >= 0.6 is 27.5 Å². The molecule has 1 aliphatic heterocycles. The van der Waals surface area contributed by atoms with E-state index in [4.69, 9.17) is 16.3 Å². The number of nitrogens with one attached hydrogen (secondary N) is 1. The smallest absolute Gasteiger partial charge is 0.123 e. The molecule has 104 valence electrons. The molecule has 3 rings (SSSR count). The maximum atomic E-state index is 13.1. The van der Waals surface area contributed by atoms with Crippen LogP contribution in [-0.2, 0) is 6.42 Å². The zero-order valence-electron chi connectivity index (χ0n) is 10.5. The van der Waals surface area contributed by atoms with E-state index in [1.165, 1.54) is 12.1 Å². The molecule has 1 unspecified atom stereocenters. The number of ether oxygens (including phenoxy) is 1. The van der Waals surface area contributed by atoms with Crippen LogP contribution < -0.4 is 10.1 Å². The van der Waals surface area contributed by atoms with Crippen molar-refractivity contribution in [3.63, 3.8) is 0 Å². The number of hydrogen-bond acceptors (Lipinski definition) is 2. The first-order chi connectivity index (χ1) is 9.61. The Morgan fingerprint density at radius 3 is 2.95 bits per heavy atom. The second-order valence-electron chi connectivity index (χ2n) is 4.71. The van der Waals surface area contributed by atoms with Gasteiger partial charge < -0.3 is 10.1 Å². The average Bonchev–Trinajstić information content (AvgIpc) is 2.82. The second kappa shape index (κ2) is 5.62. The van der Waals surface area contributed by atoms with Crippen LogP contribution in [0.25, 0.3) is 0 Å². The summed E-state index contributed by atoms with van der Waals surface area (Å²) in [5.74, 6) is 0.549. The lowest BCUT2D eigenvalue weighted by atomic mass is 10.1. The van der Waals surface area contributed by atoms with Crippen LogP contribution in [0.2, 0.25) is 5.02 Å². The van der Waals surface area contributed by atoms with Gasteiger partial charge >= 0.3 is 0 Å². The minimum Gasteiger partial charge on any atom is -0.488 e. The monoisotopic (exact) mass is 355 g/mol. The maximum Gasteiger partial charge on any atom is 0.123 e. The van der Waals surface area contributed by atoms with E-state index in [0.29, 0.717) is 18.0 Å². The zero-order valence-corrected chi connectivity index (χ0v) is 12.8. The molecule has 0 saturated heterocycles. The zero-order chi connectivity index (χ0) is 14.1. The Morgan fingerprint density at radius 1 is 1.30 bits per heavy atom. The van der Waals surface area contributed by atoms with E-state index in [-0.39, 0.29) is 11.9 Å². The Balaban J connectivity index is 1.62. The highest BCUT2D eigenvalue weighted by Gasteiger charge is 2.22. The van der Waals surface area contributed by atoms with Gasteiger partial charge in [0, 0.05) is 22.1 Å². The molecule has 0 aliphatic carbocycles. The van der Waals surface area contributed by atoms with E-state index in [0.717, 1.165) is 21.5 Å². The molecule has 2 aromatic rings. The molecule has 2 nitrogen and oxygen atoms in total. The van der Waals surface area contributed by atoms with Crippen LogP contribution in [0.4, 0.5) is 10.1 Å². The fraction of sp³-hybridized carbons (Fsp3) is 0.200. The highest BCUT2D eigenvalue weighted by Crippen LogP contribution is 2.30. The lowest BCUT2D eigenvalue weighted by Gasteiger charge is -2.13. The molecule has 5 heteroatoms. The fourth-order valence-electron chi connectivity index (χ4n) is 2.24. The van der Waals surface area contributed by atoms with Gasteiger partial charge in [-0.2, -0.15) is 0 Å². The van der Waals surface area contributed by atoms with Crippen molar-refractivity contribution >= 4 is 33.2 Å². The maximum absolute atomic E-state index is 13.1. The van der Waals surface area contributed by atoms with Gasteiger partial charge in [-0.3, -0.25) is 0 Å². The van der Waals surface area contributed by atoms with Gasteiger partial charge in [0.25, 0.3) is 0 Å². The number of anilines is 1. The summed E-state index contributed by atoms with van der Waals surface area (Å²) in [6.07, 6.45) is 0.721. The van der Waals surface area contributed by atoms with Gasteiger partial charge in [0.15, 0.2) is 0 Å².